The van der Waals surface area contributed by atoms with E-state index in [2.05, 4.69) is 21.2 Å². The summed E-state index contributed by atoms with van der Waals surface area (Å²) in [5.74, 6) is 0.211. The molecule has 0 saturated heterocycles. The van der Waals surface area contributed by atoms with Crippen molar-refractivity contribution in [1.29, 1.82) is 0 Å². The maximum Gasteiger partial charge on any atom is 0.254 e. The first-order chi connectivity index (χ1) is 10.8. The van der Waals surface area contributed by atoms with Crippen molar-refractivity contribution in [2.75, 3.05) is 12.4 Å². The van der Waals surface area contributed by atoms with E-state index in [1.807, 2.05) is 0 Å². The van der Waals surface area contributed by atoms with Gasteiger partial charge in [-0.1, -0.05) is 11.6 Å². The van der Waals surface area contributed by atoms with Crippen LogP contribution in [0.3, 0.4) is 0 Å². The van der Waals surface area contributed by atoms with Crippen LogP contribution in [0.4, 0.5) is 5.69 Å². The molecule has 23 heavy (non-hydrogen) atoms. The molecule has 1 atom stereocenters. The Balaban J connectivity index is 2.24. The third kappa shape index (κ3) is 3.95. The van der Waals surface area contributed by atoms with Crippen molar-refractivity contribution in [3.05, 3.63) is 55.9 Å². The molecule has 1 aromatic carbocycles. The minimum atomic E-state index is -0.667. The monoisotopic (exact) mass is 398 g/mol. The van der Waals surface area contributed by atoms with Crippen LogP contribution < -0.4 is 15.6 Å². The fraction of sp³-hybridized carbons (Fsp3) is 0.250. The number of aryl methyl sites for hydroxylation is 1. The number of nitrogens with zero attached hydrogens (tertiary/aromatic N) is 1. The predicted molar refractivity (Wildman–Crippen MR) is 94.5 cm³/mol. The van der Waals surface area contributed by atoms with Gasteiger partial charge in [-0.3, -0.25) is 9.59 Å². The summed E-state index contributed by atoms with van der Waals surface area (Å²) in [4.78, 5) is 24.6. The van der Waals surface area contributed by atoms with Crippen LogP contribution in [0.2, 0.25) is 5.02 Å². The minimum Gasteiger partial charge on any atom is -0.495 e. The molecule has 7 heteroatoms. The molecule has 0 aliphatic heterocycles. The molecule has 0 aliphatic carbocycles. The van der Waals surface area contributed by atoms with Gasteiger partial charge in [-0.2, -0.15) is 0 Å². The molecule has 0 aliphatic rings. The number of hydrogen-bond donors (Lipinski definition) is 1. The first-order valence-corrected chi connectivity index (χ1v) is 8.03. The van der Waals surface area contributed by atoms with Gasteiger partial charge in [0.05, 0.1) is 12.1 Å². The summed E-state index contributed by atoms with van der Waals surface area (Å²) < 4.78 is 7.19. The van der Waals surface area contributed by atoms with Crippen LogP contribution in [0.1, 0.15) is 18.5 Å². The summed E-state index contributed by atoms with van der Waals surface area (Å²) in [6, 6.07) is 5.99. The molecule has 1 heterocycles. The Morgan fingerprint density at radius 2 is 2.09 bits per heavy atom. The molecule has 5 nitrogen and oxygen atoms in total. The number of rotatable bonds is 4. The standard InChI is InChI=1S/C16H16BrClN2O3/c1-9-6-11(17)8-20(16(9)22)10(2)15(21)19-12-4-5-14(23-3)13(18)7-12/h4-8,10H,1-3H3,(H,19,21). The van der Waals surface area contributed by atoms with Crippen LogP contribution >= 0.6 is 27.5 Å². The van der Waals surface area contributed by atoms with Gasteiger partial charge in [-0.25, -0.2) is 0 Å². The SMILES string of the molecule is COc1ccc(NC(=O)C(C)n2cc(Br)cc(C)c2=O)cc1Cl. The highest BCUT2D eigenvalue weighted by atomic mass is 79.9. The highest BCUT2D eigenvalue weighted by Gasteiger charge is 2.18. The second-order valence-corrected chi connectivity index (χ2v) is 6.39. The Bertz CT molecular complexity index is 804. The van der Waals surface area contributed by atoms with Gasteiger partial charge in [0.15, 0.2) is 0 Å². The topological polar surface area (TPSA) is 60.3 Å². The van der Waals surface area contributed by atoms with E-state index in [4.69, 9.17) is 16.3 Å². The van der Waals surface area contributed by atoms with Crippen molar-refractivity contribution < 1.29 is 9.53 Å². The zero-order valence-corrected chi connectivity index (χ0v) is 15.2. The fourth-order valence-electron chi connectivity index (χ4n) is 2.11. The number of benzene rings is 1. The minimum absolute atomic E-state index is 0.205. The average molecular weight is 400 g/mol. The third-order valence-corrected chi connectivity index (χ3v) is 4.13. The quantitative estimate of drug-likeness (QED) is 0.851. The number of halogens is 2. The van der Waals surface area contributed by atoms with Gasteiger partial charge in [0.25, 0.3) is 5.56 Å². The zero-order valence-electron chi connectivity index (χ0n) is 12.9. The van der Waals surface area contributed by atoms with Crippen molar-refractivity contribution in [2.45, 2.75) is 19.9 Å². The first-order valence-electron chi connectivity index (χ1n) is 6.86. The Kier molecular flexibility index (Phi) is 5.49. The molecule has 0 fully saturated rings. The molecular formula is C16H16BrClN2O3. The van der Waals surface area contributed by atoms with Crippen LogP contribution in [0.5, 0.6) is 5.75 Å². The number of carbonyl (C=O) groups excluding carboxylic acids is 1. The second kappa shape index (κ2) is 7.19. The van der Waals surface area contributed by atoms with Crippen molar-refractivity contribution in [1.82, 2.24) is 4.57 Å². The highest BCUT2D eigenvalue weighted by molar-refractivity contribution is 9.10. The lowest BCUT2D eigenvalue weighted by molar-refractivity contribution is -0.118. The summed E-state index contributed by atoms with van der Waals surface area (Å²) in [6.07, 6.45) is 1.60. The van der Waals surface area contributed by atoms with Crippen LogP contribution in [-0.2, 0) is 4.79 Å². The van der Waals surface area contributed by atoms with Crippen molar-refractivity contribution in [3.8, 4) is 5.75 Å². The Morgan fingerprint density at radius 1 is 1.39 bits per heavy atom. The zero-order chi connectivity index (χ0) is 17.1. The van der Waals surface area contributed by atoms with E-state index in [0.717, 1.165) is 4.47 Å². The van der Waals surface area contributed by atoms with Crippen LogP contribution in [-0.4, -0.2) is 17.6 Å². The molecule has 0 bridgehead atoms. The number of hydrogen-bond acceptors (Lipinski definition) is 3. The Labute approximate surface area is 147 Å². The van der Waals surface area contributed by atoms with Gasteiger partial charge in [0, 0.05) is 21.9 Å². The van der Waals surface area contributed by atoms with E-state index < -0.39 is 6.04 Å². The van der Waals surface area contributed by atoms with Gasteiger partial charge >= 0.3 is 0 Å². The van der Waals surface area contributed by atoms with Gasteiger partial charge < -0.3 is 14.6 Å². The number of ether oxygens (including phenoxy) is 1. The third-order valence-electron chi connectivity index (χ3n) is 3.40. The van der Waals surface area contributed by atoms with Gasteiger partial charge in [0.1, 0.15) is 11.8 Å². The lowest BCUT2D eigenvalue weighted by atomic mass is 10.2. The summed E-state index contributed by atoms with van der Waals surface area (Å²) in [5, 5.41) is 3.14. The largest absolute Gasteiger partial charge is 0.495 e. The normalized spacial score (nSPS) is 11.9. The van der Waals surface area contributed by atoms with E-state index in [1.165, 1.54) is 11.7 Å². The van der Waals surface area contributed by atoms with E-state index in [-0.39, 0.29) is 11.5 Å². The highest BCUT2D eigenvalue weighted by Crippen LogP contribution is 2.27. The van der Waals surface area contributed by atoms with Gasteiger partial charge in [-0.15, -0.1) is 0 Å². The number of amides is 1. The van der Waals surface area contributed by atoms with Gasteiger partial charge in [0.2, 0.25) is 5.91 Å². The first kappa shape index (κ1) is 17.6. The molecular weight excluding hydrogens is 384 g/mol. The van der Waals surface area contributed by atoms with Crippen LogP contribution in [0, 0.1) is 6.92 Å². The fourth-order valence-corrected chi connectivity index (χ4v) is 2.93. The van der Waals surface area contributed by atoms with Crippen molar-refractivity contribution in [2.24, 2.45) is 0 Å². The molecule has 0 spiro atoms. The van der Waals surface area contributed by atoms with Crippen molar-refractivity contribution >= 4 is 39.1 Å². The number of carbonyl (C=O) groups is 1. The predicted octanol–water partition coefficient (Wildman–Crippen LogP) is 3.78. The lowest BCUT2D eigenvalue weighted by Gasteiger charge is -2.16. The molecule has 2 aromatic rings. The number of nitrogens with one attached hydrogen (secondary N) is 1. The summed E-state index contributed by atoms with van der Waals surface area (Å²) in [6.45, 7) is 3.37. The number of aromatic nitrogens is 1. The molecule has 2 rings (SSSR count). The number of pyridine rings is 1. The average Bonchev–Trinajstić information content (AvgIpc) is 2.50. The van der Waals surface area contributed by atoms with E-state index in [9.17, 15) is 9.59 Å². The molecule has 122 valence electrons. The van der Waals surface area contributed by atoms with Crippen LogP contribution in [0.15, 0.2) is 39.7 Å². The summed E-state index contributed by atoms with van der Waals surface area (Å²) in [7, 11) is 1.52. The van der Waals surface area contributed by atoms with E-state index in [1.54, 1.807) is 44.3 Å². The molecule has 1 aromatic heterocycles. The number of methoxy groups -OCH3 is 1. The van der Waals surface area contributed by atoms with E-state index >= 15 is 0 Å². The Hall–Kier alpha value is -1.79. The number of anilines is 1. The molecule has 1 unspecified atom stereocenters. The molecule has 1 N–H and O–H groups in total. The second-order valence-electron chi connectivity index (χ2n) is 5.07. The van der Waals surface area contributed by atoms with Crippen molar-refractivity contribution in [3.63, 3.8) is 0 Å². The maximum atomic E-state index is 12.4. The van der Waals surface area contributed by atoms with E-state index in [0.29, 0.717) is 22.0 Å². The summed E-state index contributed by atoms with van der Waals surface area (Å²) in [5.41, 5.74) is 0.891. The smallest absolute Gasteiger partial charge is 0.254 e. The lowest BCUT2D eigenvalue weighted by Crippen LogP contribution is -2.32. The molecule has 0 saturated carbocycles. The molecule has 1 amide bonds. The van der Waals surface area contributed by atoms with Gasteiger partial charge in [-0.05, 0) is 54.0 Å². The Morgan fingerprint density at radius 3 is 2.70 bits per heavy atom. The molecule has 0 radical (unpaired) electrons. The maximum absolute atomic E-state index is 12.4. The van der Waals surface area contributed by atoms with Crippen LogP contribution in [0.25, 0.3) is 0 Å². The summed E-state index contributed by atoms with van der Waals surface area (Å²) >= 11 is 9.37.